The first kappa shape index (κ1) is 9.91. The topological polar surface area (TPSA) is 43.4 Å². The third-order valence-corrected chi connectivity index (χ3v) is 2.59. The molecule has 4 heteroatoms. The molecule has 0 amide bonds. The van der Waals surface area contributed by atoms with Crippen molar-refractivity contribution in [2.75, 3.05) is 12.9 Å². The molecule has 0 aromatic rings. The van der Waals surface area contributed by atoms with E-state index in [4.69, 9.17) is 4.74 Å². The molecule has 0 N–H and O–H groups in total. The van der Waals surface area contributed by atoms with Crippen molar-refractivity contribution in [3.8, 4) is 0 Å². The van der Waals surface area contributed by atoms with Crippen LogP contribution in [0.25, 0.3) is 0 Å². The lowest BCUT2D eigenvalue weighted by molar-refractivity contribution is 0.115. The van der Waals surface area contributed by atoms with Crippen LogP contribution >= 0.6 is 0 Å². The first-order chi connectivity index (χ1) is 4.52. The minimum absolute atomic E-state index is 0.450. The Morgan fingerprint density at radius 2 is 1.90 bits per heavy atom. The van der Waals surface area contributed by atoms with Gasteiger partial charge in [0.2, 0.25) is 0 Å². The maximum absolute atomic E-state index is 10.8. The second-order valence-electron chi connectivity index (χ2n) is 2.12. The van der Waals surface area contributed by atoms with E-state index in [0.29, 0.717) is 13.0 Å². The van der Waals surface area contributed by atoms with Crippen LogP contribution in [0.2, 0.25) is 0 Å². The Hall–Kier alpha value is -0.0900. The van der Waals surface area contributed by atoms with E-state index in [2.05, 4.69) is 0 Å². The quantitative estimate of drug-likeness (QED) is 0.620. The minimum Gasteiger partial charge on any atom is -0.363 e. The third kappa shape index (κ3) is 3.17. The summed E-state index contributed by atoms with van der Waals surface area (Å²) < 4.78 is 26.6. The lowest BCUT2D eigenvalue weighted by Crippen LogP contribution is -2.22. The SMILES string of the molecule is CCOC(CC)S(C)(=O)=O. The Morgan fingerprint density at radius 1 is 1.40 bits per heavy atom. The molecular weight excluding hydrogens is 152 g/mol. The van der Waals surface area contributed by atoms with Gasteiger partial charge in [-0.15, -0.1) is 0 Å². The summed E-state index contributed by atoms with van der Waals surface area (Å²) in [6.45, 7) is 4.03. The van der Waals surface area contributed by atoms with E-state index in [1.165, 1.54) is 6.26 Å². The standard InChI is InChI=1S/C6H14O3S/c1-4-6(9-5-2)10(3,7)8/h6H,4-5H2,1-3H3. The molecule has 0 rings (SSSR count). The van der Waals surface area contributed by atoms with E-state index in [0.717, 1.165) is 0 Å². The van der Waals surface area contributed by atoms with Crippen LogP contribution < -0.4 is 0 Å². The van der Waals surface area contributed by atoms with Gasteiger partial charge >= 0.3 is 0 Å². The molecule has 10 heavy (non-hydrogen) atoms. The van der Waals surface area contributed by atoms with Gasteiger partial charge < -0.3 is 4.74 Å². The molecular formula is C6H14O3S. The summed E-state index contributed by atoms with van der Waals surface area (Å²) in [5.41, 5.74) is -0.613. The second kappa shape index (κ2) is 3.93. The Labute approximate surface area is 62.3 Å². The van der Waals surface area contributed by atoms with Crippen molar-refractivity contribution in [1.82, 2.24) is 0 Å². The van der Waals surface area contributed by atoms with Crippen LogP contribution in [-0.4, -0.2) is 26.7 Å². The Morgan fingerprint density at radius 3 is 2.00 bits per heavy atom. The summed E-state index contributed by atoms with van der Waals surface area (Å²) in [7, 11) is -3.00. The van der Waals surface area contributed by atoms with E-state index < -0.39 is 15.3 Å². The van der Waals surface area contributed by atoms with Gasteiger partial charge in [0.05, 0.1) is 0 Å². The van der Waals surface area contributed by atoms with Crippen LogP contribution in [0, 0.1) is 0 Å². The van der Waals surface area contributed by atoms with Gasteiger partial charge in [-0.25, -0.2) is 8.42 Å². The molecule has 0 saturated heterocycles. The zero-order chi connectivity index (χ0) is 8.20. The molecule has 0 heterocycles. The number of hydrogen-bond acceptors (Lipinski definition) is 3. The van der Waals surface area contributed by atoms with E-state index >= 15 is 0 Å². The zero-order valence-electron chi connectivity index (χ0n) is 6.62. The van der Waals surface area contributed by atoms with Gasteiger partial charge in [-0.05, 0) is 13.3 Å². The summed E-state index contributed by atoms with van der Waals surface area (Å²) in [4.78, 5) is 0. The predicted octanol–water partition coefficient (Wildman–Crippen LogP) is 0.804. The first-order valence-corrected chi connectivity index (χ1v) is 5.28. The molecule has 0 radical (unpaired) electrons. The molecule has 0 aliphatic heterocycles. The molecule has 0 saturated carbocycles. The van der Waals surface area contributed by atoms with Gasteiger partial charge in [-0.3, -0.25) is 0 Å². The number of rotatable bonds is 4. The molecule has 0 aromatic heterocycles. The fourth-order valence-electron chi connectivity index (χ4n) is 0.730. The molecule has 62 valence electrons. The van der Waals surface area contributed by atoms with Crippen LogP contribution in [-0.2, 0) is 14.6 Å². The van der Waals surface area contributed by atoms with Gasteiger partial charge in [-0.2, -0.15) is 0 Å². The average Bonchev–Trinajstić information content (AvgIpc) is 1.80. The van der Waals surface area contributed by atoms with Crippen molar-refractivity contribution in [1.29, 1.82) is 0 Å². The number of ether oxygens (including phenoxy) is 1. The molecule has 0 aliphatic carbocycles. The summed E-state index contributed by atoms with van der Waals surface area (Å²) in [5, 5.41) is 0. The highest BCUT2D eigenvalue weighted by Gasteiger charge is 2.17. The highest BCUT2D eigenvalue weighted by molar-refractivity contribution is 7.91. The van der Waals surface area contributed by atoms with E-state index in [1.54, 1.807) is 13.8 Å². The summed E-state index contributed by atoms with van der Waals surface area (Å²) in [5.74, 6) is 0. The minimum atomic E-state index is -3.00. The lowest BCUT2D eigenvalue weighted by atomic mass is 10.5. The molecule has 0 aromatic carbocycles. The molecule has 0 bridgehead atoms. The third-order valence-electron chi connectivity index (χ3n) is 1.16. The van der Waals surface area contributed by atoms with Gasteiger partial charge in [0, 0.05) is 12.9 Å². The van der Waals surface area contributed by atoms with E-state index in [-0.39, 0.29) is 0 Å². The molecule has 1 atom stereocenters. The summed E-state index contributed by atoms with van der Waals surface area (Å²) in [6.07, 6.45) is 1.71. The summed E-state index contributed by atoms with van der Waals surface area (Å²) in [6, 6.07) is 0. The van der Waals surface area contributed by atoms with Crippen LogP contribution in [0.4, 0.5) is 0 Å². The molecule has 1 unspecified atom stereocenters. The number of hydrogen-bond donors (Lipinski definition) is 0. The van der Waals surface area contributed by atoms with Crippen LogP contribution in [0.5, 0.6) is 0 Å². The smallest absolute Gasteiger partial charge is 0.174 e. The van der Waals surface area contributed by atoms with Crippen molar-refractivity contribution >= 4 is 9.84 Å². The van der Waals surface area contributed by atoms with Crippen molar-refractivity contribution in [3.63, 3.8) is 0 Å². The van der Waals surface area contributed by atoms with Crippen LogP contribution in [0.3, 0.4) is 0 Å². The fraction of sp³-hybridized carbons (Fsp3) is 1.00. The van der Waals surface area contributed by atoms with E-state index in [9.17, 15) is 8.42 Å². The Kier molecular flexibility index (Phi) is 3.89. The van der Waals surface area contributed by atoms with Gasteiger partial charge in [-0.1, -0.05) is 6.92 Å². The second-order valence-corrected chi connectivity index (χ2v) is 4.31. The predicted molar refractivity (Wildman–Crippen MR) is 40.5 cm³/mol. The normalized spacial score (nSPS) is 15.1. The largest absolute Gasteiger partial charge is 0.363 e. The van der Waals surface area contributed by atoms with E-state index in [1.807, 2.05) is 0 Å². The van der Waals surface area contributed by atoms with Gasteiger partial charge in [0.25, 0.3) is 0 Å². The molecule has 0 aliphatic rings. The number of sulfone groups is 1. The van der Waals surface area contributed by atoms with Crippen molar-refractivity contribution in [2.24, 2.45) is 0 Å². The maximum atomic E-state index is 10.8. The van der Waals surface area contributed by atoms with Gasteiger partial charge in [0.15, 0.2) is 15.3 Å². The van der Waals surface area contributed by atoms with Crippen molar-refractivity contribution in [3.05, 3.63) is 0 Å². The average molecular weight is 166 g/mol. The monoisotopic (exact) mass is 166 g/mol. The molecule has 3 nitrogen and oxygen atoms in total. The zero-order valence-corrected chi connectivity index (χ0v) is 7.44. The summed E-state index contributed by atoms with van der Waals surface area (Å²) >= 11 is 0. The Balaban J connectivity index is 4.08. The molecule has 0 spiro atoms. The maximum Gasteiger partial charge on any atom is 0.174 e. The van der Waals surface area contributed by atoms with Crippen LogP contribution in [0.1, 0.15) is 20.3 Å². The van der Waals surface area contributed by atoms with Crippen molar-refractivity contribution in [2.45, 2.75) is 25.7 Å². The molecule has 0 fully saturated rings. The fourth-order valence-corrected chi connectivity index (χ4v) is 1.72. The highest BCUT2D eigenvalue weighted by atomic mass is 32.2. The highest BCUT2D eigenvalue weighted by Crippen LogP contribution is 2.04. The first-order valence-electron chi connectivity index (χ1n) is 3.32. The van der Waals surface area contributed by atoms with Crippen LogP contribution in [0.15, 0.2) is 0 Å². The lowest BCUT2D eigenvalue weighted by Gasteiger charge is -2.11. The Bertz CT molecular complexity index is 171. The van der Waals surface area contributed by atoms with Gasteiger partial charge in [0.1, 0.15) is 0 Å². The van der Waals surface area contributed by atoms with Crippen molar-refractivity contribution < 1.29 is 13.2 Å².